The lowest BCUT2D eigenvalue weighted by Gasteiger charge is -2.38. The van der Waals surface area contributed by atoms with E-state index in [0.29, 0.717) is 36.4 Å². The van der Waals surface area contributed by atoms with Gasteiger partial charge in [0.05, 0.1) is 10.8 Å². The maximum Gasteiger partial charge on any atom is 0.433 e. The summed E-state index contributed by atoms with van der Waals surface area (Å²) < 4.78 is 39.1. The molecule has 0 saturated heterocycles. The Morgan fingerprint density at radius 3 is 2.35 bits per heavy atom. The summed E-state index contributed by atoms with van der Waals surface area (Å²) in [7, 11) is 0. The quantitative estimate of drug-likeness (QED) is 0.334. The third-order valence-electron chi connectivity index (χ3n) is 7.31. The molecule has 1 atom stereocenters. The first-order valence-corrected chi connectivity index (χ1v) is 13.1. The molecule has 5 rings (SSSR count). The zero-order valence-corrected chi connectivity index (χ0v) is 20.9. The first kappa shape index (κ1) is 25.6. The smallest absolute Gasteiger partial charge is 0.433 e. The summed E-state index contributed by atoms with van der Waals surface area (Å²) in [6, 6.07) is 6.35. The highest BCUT2D eigenvalue weighted by molar-refractivity contribution is 7.15. The molecular weight excluding hydrogens is 505 g/mol. The van der Waals surface area contributed by atoms with Gasteiger partial charge < -0.3 is 15.5 Å². The molecular formula is C26H27F3N4O3S. The van der Waals surface area contributed by atoms with Crippen LogP contribution in [-0.2, 0) is 16.6 Å². The maximum atomic E-state index is 13.0. The van der Waals surface area contributed by atoms with E-state index in [-0.39, 0.29) is 23.7 Å². The summed E-state index contributed by atoms with van der Waals surface area (Å²) in [6.45, 7) is 1.88. The Bertz CT molecular complexity index is 1300. The fraction of sp³-hybridized carbons (Fsp3) is 0.462. The van der Waals surface area contributed by atoms with Crippen LogP contribution in [0.3, 0.4) is 0 Å². The number of thiazole rings is 1. The van der Waals surface area contributed by atoms with E-state index in [1.807, 2.05) is 13.0 Å². The Hall–Kier alpha value is -3.05. The molecule has 0 aliphatic heterocycles. The number of hydrogen-bond donors (Lipinski definition) is 3. The number of alkyl halides is 3. The first-order valence-electron chi connectivity index (χ1n) is 12.2. The Labute approximate surface area is 215 Å². The molecule has 2 aliphatic carbocycles. The fourth-order valence-corrected chi connectivity index (χ4v) is 6.43. The maximum absolute atomic E-state index is 13.0. The molecule has 0 spiro atoms. The average Bonchev–Trinajstić information content (AvgIpc) is 3.59. The van der Waals surface area contributed by atoms with Crippen LogP contribution in [0.2, 0.25) is 0 Å². The van der Waals surface area contributed by atoms with Gasteiger partial charge in [-0.3, -0.25) is 4.79 Å². The topological polar surface area (TPSA) is 108 Å². The van der Waals surface area contributed by atoms with Crippen LogP contribution >= 0.6 is 11.3 Å². The number of rotatable bonds is 7. The molecule has 2 saturated carbocycles. The molecule has 2 fully saturated rings. The van der Waals surface area contributed by atoms with E-state index in [2.05, 4.69) is 20.3 Å². The minimum atomic E-state index is -4.57. The Kier molecular flexibility index (Phi) is 6.70. The van der Waals surface area contributed by atoms with Crippen LogP contribution in [0.4, 0.5) is 24.8 Å². The molecule has 3 N–H and O–H groups in total. The number of benzene rings is 1. The van der Waals surface area contributed by atoms with Gasteiger partial charge in [-0.2, -0.15) is 13.2 Å². The molecule has 2 heterocycles. The van der Waals surface area contributed by atoms with E-state index >= 15 is 0 Å². The molecule has 196 valence electrons. The monoisotopic (exact) mass is 532 g/mol. The standard InChI is InChI=1S/C26H27F3N4O3S/c1-14-10-16(12-19(11-14)32-24-30-9-8-21(33-24)26(27,28)29)20-13-31-23(37-20)25(36,18-6-7-18)17-4-2-15(3-5-17)22(34)35/h8-13,15,17-18,36H,2-7H2,1H3,(H,34,35)(H,30,32,33)/t15-,17-,25-/m1/s1. The zero-order chi connectivity index (χ0) is 26.4. The Morgan fingerprint density at radius 1 is 1.05 bits per heavy atom. The van der Waals surface area contributed by atoms with Gasteiger partial charge in [-0.15, -0.1) is 11.3 Å². The molecule has 0 amide bonds. The van der Waals surface area contributed by atoms with E-state index in [1.54, 1.807) is 18.3 Å². The van der Waals surface area contributed by atoms with Crippen molar-refractivity contribution in [2.45, 2.75) is 57.2 Å². The summed E-state index contributed by atoms with van der Waals surface area (Å²) in [5, 5.41) is 24.8. The number of aliphatic carboxylic acids is 1. The highest BCUT2D eigenvalue weighted by atomic mass is 32.1. The van der Waals surface area contributed by atoms with Gasteiger partial charge in [0.25, 0.3) is 0 Å². The van der Waals surface area contributed by atoms with Crippen molar-refractivity contribution in [1.29, 1.82) is 0 Å². The van der Waals surface area contributed by atoms with Gasteiger partial charge in [0.15, 0.2) is 0 Å². The summed E-state index contributed by atoms with van der Waals surface area (Å²) >= 11 is 1.41. The van der Waals surface area contributed by atoms with Crippen LogP contribution in [0.25, 0.3) is 10.4 Å². The lowest BCUT2D eigenvalue weighted by atomic mass is 9.71. The number of aryl methyl sites for hydroxylation is 1. The van der Waals surface area contributed by atoms with Crippen molar-refractivity contribution in [3.63, 3.8) is 0 Å². The second-order valence-electron chi connectivity index (χ2n) is 9.99. The van der Waals surface area contributed by atoms with E-state index in [4.69, 9.17) is 0 Å². The lowest BCUT2D eigenvalue weighted by Crippen LogP contribution is -2.40. The number of aliphatic hydroxyl groups is 1. The van der Waals surface area contributed by atoms with Crippen molar-refractivity contribution in [2.24, 2.45) is 17.8 Å². The first-order chi connectivity index (χ1) is 17.5. The van der Waals surface area contributed by atoms with Crippen LogP contribution in [0, 0.1) is 24.7 Å². The highest BCUT2D eigenvalue weighted by Gasteiger charge is 2.53. The van der Waals surface area contributed by atoms with E-state index in [1.165, 1.54) is 11.3 Å². The lowest BCUT2D eigenvalue weighted by molar-refractivity contribution is -0.145. The molecule has 2 aliphatic rings. The number of halogens is 3. The van der Waals surface area contributed by atoms with Crippen molar-refractivity contribution in [1.82, 2.24) is 15.0 Å². The predicted octanol–water partition coefficient (Wildman–Crippen LogP) is 6.16. The van der Waals surface area contributed by atoms with E-state index in [0.717, 1.165) is 41.1 Å². The molecule has 37 heavy (non-hydrogen) atoms. The SMILES string of the molecule is Cc1cc(Nc2nccc(C(F)(F)F)n2)cc(-c2cnc([C@](O)(C3CC3)[C@H]3CC[C@H](C(=O)O)CC3)s2)c1. The number of carboxylic acid groups (broad SMARTS) is 1. The summed E-state index contributed by atoms with van der Waals surface area (Å²) in [5.74, 6) is -1.21. The minimum Gasteiger partial charge on any atom is -0.481 e. The van der Waals surface area contributed by atoms with Crippen molar-refractivity contribution in [2.75, 3.05) is 5.32 Å². The number of aromatic nitrogens is 3. The van der Waals surface area contributed by atoms with Crippen LogP contribution in [-0.4, -0.2) is 31.1 Å². The Balaban J connectivity index is 1.39. The van der Waals surface area contributed by atoms with E-state index in [9.17, 15) is 28.2 Å². The van der Waals surface area contributed by atoms with Gasteiger partial charge in [0, 0.05) is 18.1 Å². The van der Waals surface area contributed by atoms with Gasteiger partial charge >= 0.3 is 12.1 Å². The van der Waals surface area contributed by atoms with E-state index < -0.39 is 23.4 Å². The number of nitrogens with one attached hydrogen (secondary N) is 1. The molecule has 11 heteroatoms. The fourth-order valence-electron chi connectivity index (χ4n) is 5.28. The van der Waals surface area contributed by atoms with Crippen molar-refractivity contribution < 1.29 is 28.2 Å². The second kappa shape index (κ2) is 9.68. The van der Waals surface area contributed by atoms with Crippen molar-refractivity contribution in [3.8, 4) is 10.4 Å². The molecule has 7 nitrogen and oxygen atoms in total. The van der Waals surface area contributed by atoms with Crippen LogP contribution in [0.1, 0.15) is 54.8 Å². The average molecular weight is 533 g/mol. The van der Waals surface area contributed by atoms with Gasteiger partial charge in [0.1, 0.15) is 16.3 Å². The van der Waals surface area contributed by atoms with Crippen molar-refractivity contribution in [3.05, 3.63) is 52.9 Å². The van der Waals surface area contributed by atoms with Crippen LogP contribution in [0.5, 0.6) is 0 Å². The molecule has 3 aromatic rings. The van der Waals surface area contributed by atoms with Gasteiger partial charge in [0.2, 0.25) is 5.95 Å². The molecule has 0 radical (unpaired) electrons. The molecule has 0 bridgehead atoms. The van der Waals surface area contributed by atoms with Crippen LogP contribution in [0.15, 0.2) is 36.7 Å². The zero-order valence-electron chi connectivity index (χ0n) is 20.1. The minimum absolute atomic E-state index is 0.0394. The third kappa shape index (κ3) is 5.33. The van der Waals surface area contributed by atoms with Crippen molar-refractivity contribution >= 4 is 28.9 Å². The van der Waals surface area contributed by atoms with Gasteiger partial charge in [-0.25, -0.2) is 15.0 Å². The predicted molar refractivity (Wildman–Crippen MR) is 132 cm³/mol. The largest absolute Gasteiger partial charge is 0.481 e. The van der Waals surface area contributed by atoms with Gasteiger partial charge in [-0.1, -0.05) is 6.07 Å². The normalized spacial score (nSPS) is 21.9. The Morgan fingerprint density at radius 2 is 1.73 bits per heavy atom. The molecule has 2 aromatic heterocycles. The second-order valence-corrected chi connectivity index (χ2v) is 11.0. The number of hydrogen-bond acceptors (Lipinski definition) is 7. The molecule has 0 unspecified atom stereocenters. The number of carbonyl (C=O) groups is 1. The number of nitrogens with zero attached hydrogens (tertiary/aromatic N) is 3. The number of anilines is 2. The summed E-state index contributed by atoms with van der Waals surface area (Å²) in [6.07, 6.45) is 2.45. The third-order valence-corrected chi connectivity index (χ3v) is 8.50. The number of carboxylic acids is 1. The van der Waals surface area contributed by atoms with Gasteiger partial charge in [-0.05, 0) is 86.6 Å². The van der Waals surface area contributed by atoms with Crippen LogP contribution < -0.4 is 5.32 Å². The summed E-state index contributed by atoms with van der Waals surface area (Å²) in [4.78, 5) is 24.3. The summed E-state index contributed by atoms with van der Waals surface area (Å²) in [5.41, 5.74) is 0.121. The molecule has 1 aromatic carbocycles. The highest BCUT2D eigenvalue weighted by Crippen LogP contribution is 2.55.